The van der Waals surface area contributed by atoms with E-state index >= 15 is 0 Å². The van der Waals surface area contributed by atoms with Crippen LogP contribution in [-0.4, -0.2) is 18.1 Å². The molecule has 2 unspecified atom stereocenters. The number of hydrogen-bond acceptors (Lipinski definition) is 4. The molecule has 1 aliphatic carbocycles. The molecule has 1 aromatic rings. The van der Waals surface area contributed by atoms with E-state index in [9.17, 15) is 4.79 Å². The number of carbonyl (C=O) groups is 1. The molecule has 76 valence electrons. The lowest BCUT2D eigenvalue weighted by atomic mass is 10.3. The van der Waals surface area contributed by atoms with E-state index in [0.717, 1.165) is 16.6 Å². The number of nitrogens with zero attached hydrogens (tertiary/aromatic N) is 1. The van der Waals surface area contributed by atoms with Crippen LogP contribution in [0.15, 0.2) is 0 Å². The summed E-state index contributed by atoms with van der Waals surface area (Å²) in [6, 6.07) is 0. The van der Waals surface area contributed by atoms with Gasteiger partial charge in [0, 0.05) is 5.92 Å². The lowest BCUT2D eigenvalue weighted by molar-refractivity contribution is 0.0605. The normalized spacial score (nSPS) is 24.8. The number of ether oxygens (including phenoxy) is 1. The summed E-state index contributed by atoms with van der Waals surface area (Å²) in [5.41, 5.74) is 0.802. The van der Waals surface area contributed by atoms with Gasteiger partial charge in [-0.3, -0.25) is 0 Å². The quantitative estimate of drug-likeness (QED) is 0.705. The Labute approximate surface area is 87.1 Å². The third kappa shape index (κ3) is 1.54. The van der Waals surface area contributed by atoms with Gasteiger partial charge in [-0.25, -0.2) is 9.78 Å². The fourth-order valence-corrected chi connectivity index (χ4v) is 2.76. The number of carbonyl (C=O) groups excluding carboxylic acids is 1. The minimum Gasteiger partial charge on any atom is -0.465 e. The SMILES string of the molecule is COC(=O)c1sc(C2CC2C)nc1C. The molecule has 0 saturated heterocycles. The van der Waals surface area contributed by atoms with E-state index in [1.807, 2.05) is 6.92 Å². The zero-order chi connectivity index (χ0) is 10.3. The predicted molar refractivity (Wildman–Crippen MR) is 54.7 cm³/mol. The van der Waals surface area contributed by atoms with Crippen molar-refractivity contribution in [1.82, 2.24) is 4.98 Å². The number of rotatable bonds is 2. The number of aromatic nitrogens is 1. The molecule has 0 radical (unpaired) electrons. The van der Waals surface area contributed by atoms with Crippen LogP contribution in [0, 0.1) is 12.8 Å². The third-order valence-corrected chi connectivity index (χ3v) is 3.88. The van der Waals surface area contributed by atoms with E-state index in [1.165, 1.54) is 24.9 Å². The summed E-state index contributed by atoms with van der Waals surface area (Å²) in [5.74, 6) is 1.04. The Morgan fingerprint density at radius 3 is 2.79 bits per heavy atom. The molecular formula is C10H13NO2S. The first kappa shape index (κ1) is 9.65. The predicted octanol–water partition coefficient (Wildman–Crippen LogP) is 2.36. The molecule has 4 heteroatoms. The second-order valence-corrected chi connectivity index (χ2v) is 4.81. The lowest BCUT2D eigenvalue weighted by Gasteiger charge is -1.93. The van der Waals surface area contributed by atoms with Crippen LogP contribution in [0.3, 0.4) is 0 Å². The van der Waals surface area contributed by atoms with Gasteiger partial charge in [-0.05, 0) is 19.3 Å². The minimum atomic E-state index is -0.264. The highest BCUT2D eigenvalue weighted by Crippen LogP contribution is 2.48. The van der Waals surface area contributed by atoms with Gasteiger partial charge in [-0.2, -0.15) is 0 Å². The van der Waals surface area contributed by atoms with Crippen molar-refractivity contribution in [3.8, 4) is 0 Å². The topological polar surface area (TPSA) is 39.2 Å². The summed E-state index contributed by atoms with van der Waals surface area (Å²) in [6.45, 7) is 4.07. The standard InChI is InChI=1S/C10H13NO2S/c1-5-4-7(5)9-11-6(2)8(14-9)10(12)13-3/h5,7H,4H2,1-3H3. The Bertz CT molecular complexity index is 372. The van der Waals surface area contributed by atoms with Crippen LogP contribution in [0.1, 0.15) is 39.6 Å². The van der Waals surface area contributed by atoms with Gasteiger partial charge >= 0.3 is 5.97 Å². The van der Waals surface area contributed by atoms with Crippen molar-refractivity contribution < 1.29 is 9.53 Å². The fraction of sp³-hybridized carbons (Fsp3) is 0.600. The maximum atomic E-state index is 11.3. The maximum Gasteiger partial charge on any atom is 0.349 e. The second-order valence-electron chi connectivity index (χ2n) is 3.78. The molecule has 0 N–H and O–H groups in total. The van der Waals surface area contributed by atoms with Gasteiger partial charge in [0.2, 0.25) is 0 Å². The molecule has 0 aromatic carbocycles. The summed E-state index contributed by atoms with van der Waals surface area (Å²) >= 11 is 1.48. The summed E-state index contributed by atoms with van der Waals surface area (Å²) < 4.78 is 4.69. The van der Waals surface area contributed by atoms with Crippen LogP contribution in [0.5, 0.6) is 0 Å². The van der Waals surface area contributed by atoms with Gasteiger partial charge < -0.3 is 4.74 Å². The number of hydrogen-bond donors (Lipinski definition) is 0. The molecule has 0 amide bonds. The average molecular weight is 211 g/mol. The molecule has 0 bridgehead atoms. The summed E-state index contributed by atoms with van der Waals surface area (Å²) in [5, 5.41) is 1.09. The largest absolute Gasteiger partial charge is 0.465 e. The van der Waals surface area contributed by atoms with Crippen molar-refractivity contribution in [1.29, 1.82) is 0 Å². The van der Waals surface area contributed by atoms with Crippen LogP contribution in [0.4, 0.5) is 0 Å². The Balaban J connectivity index is 2.25. The number of esters is 1. The molecule has 0 spiro atoms. The van der Waals surface area contributed by atoms with Gasteiger partial charge in [-0.15, -0.1) is 11.3 Å². The molecule has 0 aliphatic heterocycles. The van der Waals surface area contributed by atoms with Gasteiger partial charge in [0.05, 0.1) is 17.8 Å². The van der Waals surface area contributed by atoms with E-state index in [2.05, 4.69) is 16.6 Å². The molecule has 1 aliphatic rings. The molecule has 14 heavy (non-hydrogen) atoms. The monoisotopic (exact) mass is 211 g/mol. The molecule has 2 atom stereocenters. The average Bonchev–Trinajstić information content (AvgIpc) is 2.75. The molecule has 2 rings (SSSR count). The molecule has 1 aromatic heterocycles. The van der Waals surface area contributed by atoms with Gasteiger partial charge in [0.15, 0.2) is 0 Å². The van der Waals surface area contributed by atoms with Crippen molar-refractivity contribution in [2.24, 2.45) is 5.92 Å². The van der Waals surface area contributed by atoms with E-state index < -0.39 is 0 Å². The van der Waals surface area contributed by atoms with Crippen molar-refractivity contribution in [2.45, 2.75) is 26.2 Å². The van der Waals surface area contributed by atoms with Crippen molar-refractivity contribution >= 4 is 17.3 Å². The van der Waals surface area contributed by atoms with E-state index in [-0.39, 0.29) is 5.97 Å². The molecule has 1 saturated carbocycles. The zero-order valence-corrected chi connectivity index (χ0v) is 9.35. The van der Waals surface area contributed by atoms with Crippen molar-refractivity contribution in [3.05, 3.63) is 15.6 Å². The molecule has 1 fully saturated rings. The first-order valence-electron chi connectivity index (χ1n) is 4.69. The highest BCUT2D eigenvalue weighted by molar-refractivity contribution is 7.13. The van der Waals surface area contributed by atoms with Crippen LogP contribution in [0.2, 0.25) is 0 Å². The van der Waals surface area contributed by atoms with Crippen LogP contribution >= 0.6 is 11.3 Å². The van der Waals surface area contributed by atoms with E-state index in [4.69, 9.17) is 0 Å². The summed E-state index contributed by atoms with van der Waals surface area (Å²) in [7, 11) is 1.40. The van der Waals surface area contributed by atoms with Gasteiger partial charge in [0.25, 0.3) is 0 Å². The highest BCUT2D eigenvalue weighted by atomic mass is 32.1. The number of thiazole rings is 1. The molecular weight excluding hydrogens is 198 g/mol. The number of methoxy groups -OCH3 is 1. The molecule has 3 nitrogen and oxygen atoms in total. The van der Waals surface area contributed by atoms with Crippen LogP contribution in [-0.2, 0) is 4.74 Å². The van der Waals surface area contributed by atoms with Gasteiger partial charge in [-0.1, -0.05) is 6.92 Å². The van der Waals surface area contributed by atoms with Crippen LogP contribution in [0.25, 0.3) is 0 Å². The summed E-state index contributed by atoms with van der Waals surface area (Å²) in [6.07, 6.45) is 1.20. The Hall–Kier alpha value is -0.900. The molecule has 1 heterocycles. The van der Waals surface area contributed by atoms with E-state index in [1.54, 1.807) is 0 Å². The lowest BCUT2D eigenvalue weighted by Crippen LogP contribution is -1.99. The smallest absolute Gasteiger partial charge is 0.349 e. The maximum absolute atomic E-state index is 11.3. The zero-order valence-electron chi connectivity index (χ0n) is 8.53. The Morgan fingerprint density at radius 2 is 2.29 bits per heavy atom. The fourth-order valence-electron chi connectivity index (χ4n) is 1.52. The minimum absolute atomic E-state index is 0.264. The Kier molecular flexibility index (Phi) is 2.31. The highest BCUT2D eigenvalue weighted by Gasteiger charge is 2.37. The number of aryl methyl sites for hydroxylation is 1. The first-order valence-corrected chi connectivity index (χ1v) is 5.50. The summed E-state index contributed by atoms with van der Waals surface area (Å²) in [4.78, 5) is 16.4. The third-order valence-electron chi connectivity index (χ3n) is 2.61. The van der Waals surface area contributed by atoms with Gasteiger partial charge in [0.1, 0.15) is 4.88 Å². The van der Waals surface area contributed by atoms with Crippen molar-refractivity contribution in [3.63, 3.8) is 0 Å². The van der Waals surface area contributed by atoms with Crippen molar-refractivity contribution in [2.75, 3.05) is 7.11 Å². The second kappa shape index (κ2) is 3.35. The van der Waals surface area contributed by atoms with Crippen LogP contribution < -0.4 is 0 Å². The Morgan fingerprint density at radius 1 is 1.64 bits per heavy atom. The van der Waals surface area contributed by atoms with E-state index in [0.29, 0.717) is 10.8 Å². The first-order chi connectivity index (χ1) is 6.63.